The van der Waals surface area contributed by atoms with Gasteiger partial charge in [-0.1, -0.05) is 29.8 Å². The third-order valence-electron chi connectivity index (χ3n) is 6.39. The molecule has 0 N–H and O–H groups in total. The lowest BCUT2D eigenvalue weighted by atomic mass is 10.2. The number of ether oxygens (including phenoxy) is 1. The van der Waals surface area contributed by atoms with Crippen LogP contribution in [0.25, 0.3) is 5.69 Å². The third kappa shape index (κ3) is 4.49. The van der Waals surface area contributed by atoms with Crippen molar-refractivity contribution in [3.05, 3.63) is 76.6 Å². The monoisotopic (exact) mass is 473 g/mol. The number of benzene rings is 2. The number of para-hydroxylation sites is 2. The highest BCUT2D eigenvalue weighted by Gasteiger charge is 2.34. The summed E-state index contributed by atoms with van der Waals surface area (Å²) in [6.07, 6.45) is -0.634. The molecule has 5 rings (SSSR count). The molecule has 2 aromatic carbocycles. The van der Waals surface area contributed by atoms with E-state index < -0.39 is 6.10 Å². The van der Waals surface area contributed by atoms with Crippen LogP contribution in [0.1, 0.15) is 12.5 Å². The van der Waals surface area contributed by atoms with Crippen molar-refractivity contribution in [2.45, 2.75) is 20.0 Å². The lowest BCUT2D eigenvalue weighted by molar-refractivity contribution is -0.133. The second kappa shape index (κ2) is 9.25. The highest BCUT2D eigenvalue weighted by Crippen LogP contribution is 2.33. The molecule has 180 valence electrons. The van der Waals surface area contributed by atoms with Gasteiger partial charge in [0.2, 0.25) is 5.91 Å². The lowest BCUT2D eigenvalue weighted by Gasteiger charge is -2.37. The fraction of sp³-hybridized carbons (Fsp3) is 0.308. The summed E-state index contributed by atoms with van der Waals surface area (Å²) in [5, 5.41) is 4.56. The molecule has 0 aliphatic carbocycles. The molecular weight excluding hydrogens is 446 g/mol. The number of hydrogen-bond donors (Lipinski definition) is 0. The van der Waals surface area contributed by atoms with E-state index in [0.717, 1.165) is 5.56 Å². The van der Waals surface area contributed by atoms with Gasteiger partial charge in [-0.05, 0) is 44.2 Å². The van der Waals surface area contributed by atoms with Gasteiger partial charge in [0.15, 0.2) is 6.10 Å². The van der Waals surface area contributed by atoms with Gasteiger partial charge in [-0.25, -0.2) is 0 Å². The molecule has 9 heteroatoms. The Bertz CT molecular complexity index is 1310. The van der Waals surface area contributed by atoms with Gasteiger partial charge >= 0.3 is 0 Å². The molecule has 9 nitrogen and oxygen atoms in total. The van der Waals surface area contributed by atoms with Gasteiger partial charge in [0.1, 0.15) is 18.1 Å². The smallest absolute Gasteiger partial charge is 0.271 e. The van der Waals surface area contributed by atoms with E-state index in [9.17, 15) is 14.4 Å². The first-order chi connectivity index (χ1) is 16.9. The third-order valence-corrected chi connectivity index (χ3v) is 6.39. The standard InChI is InChI=1S/C26H27N5O4/c1-18-7-9-20(10-8-18)31-24(32)12-11-23(27-31)28-13-15-29(16-14-28)25(33)17-30-21-5-3-4-6-22(21)35-19(2)26(30)34/h3-12,19H,13-17H2,1-2H3. The number of hydrogen-bond acceptors (Lipinski definition) is 6. The Labute approximate surface area is 203 Å². The van der Waals surface area contributed by atoms with E-state index >= 15 is 0 Å². The van der Waals surface area contributed by atoms with Gasteiger partial charge in [0.25, 0.3) is 11.5 Å². The van der Waals surface area contributed by atoms with Crippen LogP contribution in [-0.4, -0.2) is 65.3 Å². The van der Waals surface area contributed by atoms with E-state index in [0.29, 0.717) is 49.1 Å². The predicted molar refractivity (Wildman–Crippen MR) is 132 cm³/mol. The molecule has 1 fully saturated rings. The molecule has 0 spiro atoms. The number of aromatic nitrogens is 2. The summed E-state index contributed by atoms with van der Waals surface area (Å²) < 4.78 is 7.06. The zero-order valence-electron chi connectivity index (χ0n) is 19.8. The van der Waals surface area contributed by atoms with Crippen molar-refractivity contribution in [3.8, 4) is 11.4 Å². The Morgan fingerprint density at radius 1 is 0.971 bits per heavy atom. The number of amides is 2. The number of rotatable bonds is 4. The van der Waals surface area contributed by atoms with Crippen LogP contribution in [0, 0.1) is 6.92 Å². The first kappa shape index (κ1) is 22.6. The molecule has 1 aromatic heterocycles. The largest absolute Gasteiger partial charge is 0.479 e. The van der Waals surface area contributed by atoms with Crippen LogP contribution in [-0.2, 0) is 9.59 Å². The molecule has 2 amide bonds. The molecule has 1 saturated heterocycles. The van der Waals surface area contributed by atoms with E-state index in [4.69, 9.17) is 4.74 Å². The molecule has 0 bridgehead atoms. The number of piperazine rings is 1. The number of anilines is 2. The normalized spacial score (nSPS) is 17.7. The van der Waals surface area contributed by atoms with E-state index in [1.165, 1.54) is 15.6 Å². The van der Waals surface area contributed by atoms with Crippen molar-refractivity contribution in [2.24, 2.45) is 0 Å². The first-order valence-corrected chi connectivity index (χ1v) is 11.7. The predicted octanol–water partition coefficient (Wildman–Crippen LogP) is 2.00. The fourth-order valence-electron chi connectivity index (χ4n) is 4.38. The van der Waals surface area contributed by atoms with Gasteiger partial charge in [-0.2, -0.15) is 4.68 Å². The van der Waals surface area contributed by atoms with Gasteiger partial charge in [0, 0.05) is 32.2 Å². The van der Waals surface area contributed by atoms with Crippen LogP contribution in [0.3, 0.4) is 0 Å². The van der Waals surface area contributed by atoms with Crippen LogP contribution < -0.4 is 20.1 Å². The second-order valence-corrected chi connectivity index (χ2v) is 8.80. The Kier molecular flexibility index (Phi) is 5.98. The summed E-state index contributed by atoms with van der Waals surface area (Å²) in [6.45, 7) is 5.81. The molecule has 1 unspecified atom stereocenters. The zero-order chi connectivity index (χ0) is 24.5. The molecule has 1 atom stereocenters. The maximum Gasteiger partial charge on any atom is 0.271 e. The van der Waals surface area contributed by atoms with Crippen molar-refractivity contribution in [3.63, 3.8) is 0 Å². The second-order valence-electron chi connectivity index (χ2n) is 8.80. The highest BCUT2D eigenvalue weighted by molar-refractivity contribution is 6.03. The summed E-state index contributed by atoms with van der Waals surface area (Å²) >= 11 is 0. The highest BCUT2D eigenvalue weighted by atomic mass is 16.5. The topological polar surface area (TPSA) is 88.0 Å². The lowest BCUT2D eigenvalue weighted by Crippen LogP contribution is -2.54. The molecule has 0 saturated carbocycles. The number of carbonyl (C=O) groups excluding carboxylic acids is 2. The van der Waals surface area contributed by atoms with Gasteiger partial charge in [-0.3, -0.25) is 19.3 Å². The van der Waals surface area contributed by atoms with Crippen molar-refractivity contribution in [1.82, 2.24) is 14.7 Å². The minimum atomic E-state index is -0.634. The first-order valence-electron chi connectivity index (χ1n) is 11.7. The van der Waals surface area contributed by atoms with Crippen molar-refractivity contribution < 1.29 is 14.3 Å². The summed E-state index contributed by atoms with van der Waals surface area (Å²) in [7, 11) is 0. The van der Waals surface area contributed by atoms with Crippen LogP contribution in [0.4, 0.5) is 11.5 Å². The number of nitrogens with zero attached hydrogens (tertiary/aromatic N) is 5. The van der Waals surface area contributed by atoms with Gasteiger partial charge in [0.05, 0.1) is 11.4 Å². The van der Waals surface area contributed by atoms with Crippen molar-refractivity contribution in [1.29, 1.82) is 0 Å². The Hall–Kier alpha value is -4.14. The van der Waals surface area contributed by atoms with Gasteiger partial charge in [-0.15, -0.1) is 5.10 Å². The van der Waals surface area contributed by atoms with Crippen LogP contribution in [0.15, 0.2) is 65.5 Å². The fourth-order valence-corrected chi connectivity index (χ4v) is 4.38. The van der Waals surface area contributed by atoms with E-state index in [1.807, 2.05) is 43.3 Å². The van der Waals surface area contributed by atoms with Crippen LogP contribution >= 0.6 is 0 Å². The number of aryl methyl sites for hydroxylation is 1. The average Bonchev–Trinajstić information content (AvgIpc) is 2.87. The average molecular weight is 474 g/mol. The van der Waals surface area contributed by atoms with Crippen LogP contribution in [0.5, 0.6) is 5.75 Å². The Morgan fingerprint density at radius 2 is 1.69 bits per heavy atom. The minimum absolute atomic E-state index is 0.0277. The van der Waals surface area contributed by atoms with Crippen molar-refractivity contribution in [2.75, 3.05) is 42.5 Å². The SMILES string of the molecule is Cc1ccc(-n2nc(N3CCN(C(=O)CN4C(=O)C(C)Oc5ccccc54)CC3)ccc2=O)cc1. The number of fused-ring (bicyclic) bond motifs is 1. The zero-order valence-corrected chi connectivity index (χ0v) is 19.8. The van der Waals surface area contributed by atoms with Gasteiger partial charge < -0.3 is 14.5 Å². The van der Waals surface area contributed by atoms with E-state index in [1.54, 1.807) is 30.0 Å². The summed E-state index contributed by atoms with van der Waals surface area (Å²) in [4.78, 5) is 43.6. The number of carbonyl (C=O) groups is 2. The Morgan fingerprint density at radius 3 is 2.43 bits per heavy atom. The van der Waals surface area contributed by atoms with E-state index in [-0.39, 0.29) is 23.9 Å². The van der Waals surface area contributed by atoms with E-state index in [2.05, 4.69) is 10.00 Å². The maximum atomic E-state index is 13.1. The quantitative estimate of drug-likeness (QED) is 0.576. The molecule has 0 radical (unpaired) electrons. The molecular formula is C26H27N5O4. The minimum Gasteiger partial charge on any atom is -0.479 e. The molecule has 3 aromatic rings. The maximum absolute atomic E-state index is 13.1. The molecule has 35 heavy (non-hydrogen) atoms. The summed E-state index contributed by atoms with van der Waals surface area (Å²) in [6, 6.07) is 18.1. The Balaban J connectivity index is 1.26. The van der Waals surface area contributed by atoms with Crippen molar-refractivity contribution >= 4 is 23.3 Å². The summed E-state index contributed by atoms with van der Waals surface area (Å²) in [5.41, 5.74) is 2.23. The summed E-state index contributed by atoms with van der Waals surface area (Å²) in [5.74, 6) is 0.952. The molecule has 3 heterocycles. The molecule has 2 aliphatic rings. The van der Waals surface area contributed by atoms with Crippen LogP contribution in [0.2, 0.25) is 0 Å². The molecule has 2 aliphatic heterocycles.